The summed E-state index contributed by atoms with van der Waals surface area (Å²) >= 11 is 0. The topological polar surface area (TPSA) is 79.1 Å². The third-order valence-electron chi connectivity index (χ3n) is 5.37. The molecule has 0 saturated heterocycles. The Morgan fingerprint density at radius 3 is 2.64 bits per heavy atom. The maximum Gasteiger partial charge on any atom is 0.318 e. The standard InChI is InChI=1S/C27H40N4O2/c1-7-11-12-15-23-24(9-3)29-27(33-19-8-2)30-26(23)31(20-21(5)16-17-28)18-13-14-22(6)25(32)10-4/h7,10,21H,1,4,6,8-9,11-16,18-20H2,2-3,5H3. The largest absolute Gasteiger partial charge is 0.463 e. The molecule has 1 unspecified atom stereocenters. The average Bonchev–Trinajstić information content (AvgIpc) is 2.81. The first-order valence-corrected chi connectivity index (χ1v) is 12.0. The molecule has 0 aliphatic heterocycles. The fourth-order valence-electron chi connectivity index (χ4n) is 3.62. The molecule has 0 aliphatic carbocycles. The first kappa shape index (κ1) is 28.1. The molecule has 0 N–H and O–H groups in total. The second-order valence-electron chi connectivity index (χ2n) is 8.33. The molecule has 180 valence electrons. The van der Waals surface area contributed by atoms with E-state index in [0.717, 1.165) is 55.6 Å². The van der Waals surface area contributed by atoms with Gasteiger partial charge in [-0.3, -0.25) is 4.79 Å². The van der Waals surface area contributed by atoms with Crippen LogP contribution in [0.1, 0.15) is 70.6 Å². The van der Waals surface area contributed by atoms with Crippen LogP contribution in [0.15, 0.2) is 37.5 Å². The van der Waals surface area contributed by atoms with Crippen LogP contribution in [0.25, 0.3) is 0 Å². The second kappa shape index (κ2) is 15.8. The molecule has 1 heterocycles. The van der Waals surface area contributed by atoms with Crippen LogP contribution in [0.3, 0.4) is 0 Å². The van der Waals surface area contributed by atoms with Crippen LogP contribution in [0, 0.1) is 17.2 Å². The summed E-state index contributed by atoms with van der Waals surface area (Å²) < 4.78 is 5.82. The van der Waals surface area contributed by atoms with E-state index >= 15 is 0 Å². The maximum absolute atomic E-state index is 11.8. The smallest absolute Gasteiger partial charge is 0.318 e. The summed E-state index contributed by atoms with van der Waals surface area (Å²) in [6.45, 7) is 19.5. The number of ether oxygens (including phenoxy) is 1. The fourth-order valence-corrected chi connectivity index (χ4v) is 3.62. The van der Waals surface area contributed by atoms with Crippen molar-refractivity contribution < 1.29 is 9.53 Å². The molecule has 0 radical (unpaired) electrons. The molecule has 1 atom stereocenters. The van der Waals surface area contributed by atoms with E-state index in [1.807, 2.05) is 6.08 Å². The number of allylic oxidation sites excluding steroid dienone is 3. The Balaban J connectivity index is 3.33. The minimum absolute atomic E-state index is 0.116. The number of aromatic nitrogens is 2. The molecule has 33 heavy (non-hydrogen) atoms. The molecule has 1 aromatic rings. The summed E-state index contributed by atoms with van der Waals surface area (Å²) in [6.07, 6.45) is 9.45. The lowest BCUT2D eigenvalue weighted by Crippen LogP contribution is -2.32. The number of unbranched alkanes of at least 4 members (excludes halogenated alkanes) is 1. The van der Waals surface area contributed by atoms with Crippen molar-refractivity contribution >= 4 is 11.6 Å². The summed E-state index contributed by atoms with van der Waals surface area (Å²) in [5, 5.41) is 9.20. The van der Waals surface area contributed by atoms with Crippen LogP contribution in [-0.2, 0) is 17.6 Å². The van der Waals surface area contributed by atoms with Crippen LogP contribution in [-0.4, -0.2) is 35.4 Å². The first-order chi connectivity index (χ1) is 15.9. The van der Waals surface area contributed by atoms with Crippen molar-refractivity contribution in [3.63, 3.8) is 0 Å². The lowest BCUT2D eigenvalue weighted by molar-refractivity contribution is -0.111. The Morgan fingerprint density at radius 1 is 1.27 bits per heavy atom. The Morgan fingerprint density at radius 2 is 2.03 bits per heavy atom. The normalized spacial score (nSPS) is 11.3. The fraction of sp³-hybridized carbons (Fsp3) is 0.556. The van der Waals surface area contributed by atoms with Gasteiger partial charge in [-0.2, -0.15) is 15.2 Å². The summed E-state index contributed by atoms with van der Waals surface area (Å²) in [7, 11) is 0. The van der Waals surface area contributed by atoms with Gasteiger partial charge < -0.3 is 9.64 Å². The van der Waals surface area contributed by atoms with Gasteiger partial charge in [-0.1, -0.05) is 40.0 Å². The van der Waals surface area contributed by atoms with E-state index in [0.29, 0.717) is 44.1 Å². The van der Waals surface area contributed by atoms with Gasteiger partial charge >= 0.3 is 6.01 Å². The zero-order valence-corrected chi connectivity index (χ0v) is 20.7. The van der Waals surface area contributed by atoms with Crippen LogP contribution < -0.4 is 9.64 Å². The highest BCUT2D eigenvalue weighted by atomic mass is 16.5. The number of rotatable bonds is 18. The molecule has 0 fully saturated rings. The number of ketones is 1. The molecular formula is C27H40N4O2. The number of nitrogens with zero attached hydrogens (tertiary/aromatic N) is 4. The predicted molar refractivity (Wildman–Crippen MR) is 136 cm³/mol. The number of aryl methyl sites for hydroxylation is 1. The number of carbonyl (C=O) groups is 1. The zero-order valence-electron chi connectivity index (χ0n) is 20.7. The van der Waals surface area contributed by atoms with Gasteiger partial charge in [0.05, 0.1) is 18.4 Å². The van der Waals surface area contributed by atoms with E-state index in [4.69, 9.17) is 14.7 Å². The van der Waals surface area contributed by atoms with E-state index in [2.05, 4.69) is 51.5 Å². The second-order valence-corrected chi connectivity index (χ2v) is 8.33. The monoisotopic (exact) mass is 452 g/mol. The predicted octanol–water partition coefficient (Wildman–Crippen LogP) is 5.78. The molecule has 6 nitrogen and oxygen atoms in total. The molecule has 1 aromatic heterocycles. The number of carbonyl (C=O) groups excluding carboxylic acids is 1. The summed E-state index contributed by atoms with van der Waals surface area (Å²) in [4.78, 5) is 23.6. The van der Waals surface area contributed by atoms with E-state index in [1.54, 1.807) is 0 Å². The van der Waals surface area contributed by atoms with Gasteiger partial charge in [-0.05, 0) is 62.5 Å². The maximum atomic E-state index is 11.8. The Labute approximate surface area is 200 Å². The number of anilines is 1. The lowest BCUT2D eigenvalue weighted by Gasteiger charge is -2.29. The molecule has 1 rings (SSSR count). The van der Waals surface area contributed by atoms with E-state index < -0.39 is 0 Å². The summed E-state index contributed by atoms with van der Waals surface area (Å²) in [6, 6.07) is 2.68. The van der Waals surface area contributed by atoms with Crippen LogP contribution in [0.4, 0.5) is 5.82 Å². The highest BCUT2D eigenvalue weighted by Gasteiger charge is 2.21. The molecule has 6 heteroatoms. The van der Waals surface area contributed by atoms with Crippen LogP contribution >= 0.6 is 0 Å². The van der Waals surface area contributed by atoms with Gasteiger partial charge in [-0.15, -0.1) is 6.58 Å². The van der Waals surface area contributed by atoms with Crippen molar-refractivity contribution in [3.8, 4) is 12.1 Å². The number of hydrogen-bond donors (Lipinski definition) is 0. The van der Waals surface area contributed by atoms with Gasteiger partial charge in [0.2, 0.25) is 0 Å². The first-order valence-electron chi connectivity index (χ1n) is 12.0. The minimum Gasteiger partial charge on any atom is -0.463 e. The van der Waals surface area contributed by atoms with Crippen molar-refractivity contribution in [2.75, 3.05) is 24.6 Å². The minimum atomic E-state index is -0.116. The van der Waals surface area contributed by atoms with Crippen molar-refractivity contribution in [1.29, 1.82) is 5.26 Å². The highest BCUT2D eigenvalue weighted by molar-refractivity contribution is 6.02. The van der Waals surface area contributed by atoms with Crippen LogP contribution in [0.5, 0.6) is 6.01 Å². The highest BCUT2D eigenvalue weighted by Crippen LogP contribution is 2.28. The van der Waals surface area contributed by atoms with Crippen molar-refractivity contribution in [2.45, 2.75) is 72.1 Å². The van der Waals surface area contributed by atoms with E-state index in [-0.39, 0.29) is 11.7 Å². The molecule has 0 bridgehead atoms. The van der Waals surface area contributed by atoms with Gasteiger partial charge in [0.15, 0.2) is 5.78 Å². The Hall–Kier alpha value is -2.94. The Kier molecular flexibility index (Phi) is 13.4. The molecule has 0 spiro atoms. The summed E-state index contributed by atoms with van der Waals surface area (Å²) in [5.74, 6) is 0.937. The molecule has 0 saturated carbocycles. The van der Waals surface area contributed by atoms with Gasteiger partial charge in [-0.25, -0.2) is 0 Å². The van der Waals surface area contributed by atoms with Crippen LogP contribution in [0.2, 0.25) is 0 Å². The zero-order chi connectivity index (χ0) is 24.6. The third kappa shape index (κ3) is 9.61. The summed E-state index contributed by atoms with van der Waals surface area (Å²) in [5.41, 5.74) is 2.69. The average molecular weight is 453 g/mol. The third-order valence-corrected chi connectivity index (χ3v) is 5.37. The van der Waals surface area contributed by atoms with Crippen molar-refractivity contribution in [2.24, 2.45) is 5.92 Å². The van der Waals surface area contributed by atoms with Crippen molar-refractivity contribution in [1.82, 2.24) is 9.97 Å². The SMILES string of the molecule is C=CCCCc1c(CC)nc(OCCC)nc1N(CCCC(=C)C(=O)C=C)CC(C)CC#N. The van der Waals surface area contributed by atoms with Crippen molar-refractivity contribution in [3.05, 3.63) is 48.7 Å². The molecule has 0 amide bonds. The van der Waals surface area contributed by atoms with Gasteiger partial charge in [0.25, 0.3) is 0 Å². The molecule has 0 aromatic carbocycles. The van der Waals surface area contributed by atoms with Gasteiger partial charge in [0.1, 0.15) is 5.82 Å². The molecule has 0 aliphatic rings. The Bertz CT molecular complexity index is 841. The number of nitriles is 1. The lowest BCUT2D eigenvalue weighted by atomic mass is 10.0. The van der Waals surface area contributed by atoms with E-state index in [9.17, 15) is 10.1 Å². The van der Waals surface area contributed by atoms with E-state index in [1.165, 1.54) is 6.08 Å². The number of hydrogen-bond acceptors (Lipinski definition) is 6. The van der Waals surface area contributed by atoms with Gasteiger partial charge in [0, 0.05) is 25.1 Å². The molecular weight excluding hydrogens is 412 g/mol. The quantitative estimate of drug-likeness (QED) is 0.159.